The minimum atomic E-state index is -3.86. The molecule has 21 heavy (non-hydrogen) atoms. The van der Waals surface area contributed by atoms with Crippen LogP contribution in [0.4, 0.5) is 4.39 Å². The van der Waals surface area contributed by atoms with Gasteiger partial charge >= 0.3 is 0 Å². The van der Waals surface area contributed by atoms with Gasteiger partial charge < -0.3 is 0 Å². The molecule has 112 valence electrons. The van der Waals surface area contributed by atoms with Crippen molar-refractivity contribution < 1.29 is 12.8 Å². The number of benzene rings is 2. The summed E-state index contributed by atoms with van der Waals surface area (Å²) in [5.41, 5.74) is 0.444. The van der Waals surface area contributed by atoms with E-state index in [1.807, 2.05) is 0 Å². The summed E-state index contributed by atoms with van der Waals surface area (Å²) in [6, 6.07) is 7.83. The van der Waals surface area contributed by atoms with Gasteiger partial charge in [-0.3, -0.25) is 0 Å². The third-order valence-corrected chi connectivity index (χ3v) is 5.12. The van der Waals surface area contributed by atoms with Crippen LogP contribution in [0.1, 0.15) is 5.56 Å². The number of halogens is 4. The molecule has 0 unspecified atom stereocenters. The Kier molecular flexibility index (Phi) is 5.11. The second-order valence-electron chi connectivity index (χ2n) is 4.14. The monoisotopic (exact) mass is 367 g/mol. The van der Waals surface area contributed by atoms with E-state index >= 15 is 0 Å². The molecule has 1 N–H and O–H groups in total. The molecule has 0 amide bonds. The maximum absolute atomic E-state index is 12.9. The average Bonchev–Trinajstić information content (AvgIpc) is 2.40. The van der Waals surface area contributed by atoms with Gasteiger partial charge in [0.2, 0.25) is 10.0 Å². The van der Waals surface area contributed by atoms with Crippen LogP contribution in [-0.2, 0) is 16.6 Å². The van der Waals surface area contributed by atoms with Gasteiger partial charge in [-0.25, -0.2) is 17.5 Å². The standard InChI is InChI=1S/C13H9Cl3FNO2S/c14-9-2-4-11(15)13(5-9)21(19,20)18-7-8-1-3-10(17)6-12(8)16/h1-6,18H,7H2. The molecule has 2 aromatic rings. The Morgan fingerprint density at radius 3 is 2.38 bits per heavy atom. The molecule has 0 saturated carbocycles. The van der Waals surface area contributed by atoms with Gasteiger partial charge in [-0.1, -0.05) is 40.9 Å². The first-order valence-electron chi connectivity index (χ1n) is 5.68. The number of hydrogen-bond donors (Lipinski definition) is 1. The van der Waals surface area contributed by atoms with Gasteiger partial charge in [-0.15, -0.1) is 0 Å². The Hall–Kier alpha value is -0.850. The van der Waals surface area contributed by atoms with E-state index in [0.29, 0.717) is 5.56 Å². The van der Waals surface area contributed by atoms with Crippen molar-refractivity contribution in [1.29, 1.82) is 0 Å². The molecule has 0 aliphatic carbocycles. The normalized spacial score (nSPS) is 11.6. The Labute approximate surface area is 136 Å². The first kappa shape index (κ1) is 16.5. The van der Waals surface area contributed by atoms with E-state index in [4.69, 9.17) is 34.8 Å². The van der Waals surface area contributed by atoms with Crippen molar-refractivity contribution >= 4 is 44.8 Å². The first-order chi connectivity index (χ1) is 9.79. The molecule has 2 aromatic carbocycles. The fourth-order valence-electron chi connectivity index (χ4n) is 1.60. The average molecular weight is 369 g/mol. The molecule has 0 aliphatic rings. The minimum Gasteiger partial charge on any atom is -0.207 e. The van der Waals surface area contributed by atoms with E-state index in [2.05, 4.69) is 4.72 Å². The number of hydrogen-bond acceptors (Lipinski definition) is 2. The fourth-order valence-corrected chi connectivity index (χ4v) is 3.60. The van der Waals surface area contributed by atoms with E-state index in [1.54, 1.807) is 0 Å². The molecule has 2 rings (SSSR count). The lowest BCUT2D eigenvalue weighted by molar-refractivity contribution is 0.581. The van der Waals surface area contributed by atoms with Crippen LogP contribution in [0.3, 0.4) is 0 Å². The molecule has 0 fully saturated rings. The first-order valence-corrected chi connectivity index (χ1v) is 8.30. The highest BCUT2D eigenvalue weighted by molar-refractivity contribution is 7.89. The van der Waals surface area contributed by atoms with Crippen LogP contribution in [0.5, 0.6) is 0 Å². The molecule has 0 aliphatic heterocycles. The number of sulfonamides is 1. The zero-order chi connectivity index (χ0) is 15.6. The predicted molar refractivity (Wildman–Crippen MR) is 81.9 cm³/mol. The van der Waals surface area contributed by atoms with Crippen LogP contribution in [0.25, 0.3) is 0 Å². The summed E-state index contributed by atoms with van der Waals surface area (Å²) in [4.78, 5) is -0.130. The van der Waals surface area contributed by atoms with Crippen LogP contribution < -0.4 is 4.72 Å². The lowest BCUT2D eigenvalue weighted by atomic mass is 10.2. The maximum atomic E-state index is 12.9. The lowest BCUT2D eigenvalue weighted by Gasteiger charge is -2.10. The van der Waals surface area contributed by atoms with Crippen molar-refractivity contribution in [2.75, 3.05) is 0 Å². The highest BCUT2D eigenvalue weighted by atomic mass is 35.5. The predicted octanol–water partition coefficient (Wildman–Crippen LogP) is 4.26. The van der Waals surface area contributed by atoms with Crippen molar-refractivity contribution in [3.05, 3.63) is 62.8 Å². The van der Waals surface area contributed by atoms with Gasteiger partial charge in [-0.05, 0) is 35.9 Å². The van der Waals surface area contributed by atoms with Crippen molar-refractivity contribution in [2.24, 2.45) is 0 Å². The van der Waals surface area contributed by atoms with Gasteiger partial charge in [0.15, 0.2) is 0 Å². The Bertz CT molecular complexity index is 781. The molecule has 0 radical (unpaired) electrons. The lowest BCUT2D eigenvalue weighted by Crippen LogP contribution is -2.23. The van der Waals surface area contributed by atoms with Crippen molar-refractivity contribution in [1.82, 2.24) is 4.72 Å². The highest BCUT2D eigenvalue weighted by Gasteiger charge is 2.18. The van der Waals surface area contributed by atoms with E-state index < -0.39 is 15.8 Å². The topological polar surface area (TPSA) is 46.2 Å². The van der Waals surface area contributed by atoms with Gasteiger partial charge in [0.25, 0.3) is 0 Å². The Morgan fingerprint density at radius 2 is 1.71 bits per heavy atom. The van der Waals surface area contributed by atoms with Gasteiger partial charge in [0.1, 0.15) is 10.7 Å². The summed E-state index contributed by atoms with van der Waals surface area (Å²) < 4.78 is 39.6. The van der Waals surface area contributed by atoms with E-state index in [-0.39, 0.29) is 26.5 Å². The Morgan fingerprint density at radius 1 is 1.00 bits per heavy atom. The smallest absolute Gasteiger partial charge is 0.207 e. The summed E-state index contributed by atoms with van der Waals surface area (Å²) in [7, 11) is -3.86. The molecule has 0 heterocycles. The van der Waals surface area contributed by atoms with E-state index in [9.17, 15) is 12.8 Å². The molecule has 3 nitrogen and oxygen atoms in total. The quantitative estimate of drug-likeness (QED) is 0.876. The summed E-state index contributed by atoms with van der Waals surface area (Å²) in [5, 5.41) is 0.437. The van der Waals surface area contributed by atoms with Crippen LogP contribution in [0, 0.1) is 5.82 Å². The summed E-state index contributed by atoms with van der Waals surface area (Å²) in [5.74, 6) is -0.496. The largest absolute Gasteiger partial charge is 0.242 e. The summed E-state index contributed by atoms with van der Waals surface area (Å²) in [6.45, 7) is -0.0930. The summed E-state index contributed by atoms with van der Waals surface area (Å²) >= 11 is 17.5. The van der Waals surface area contributed by atoms with Crippen molar-refractivity contribution in [2.45, 2.75) is 11.4 Å². The van der Waals surface area contributed by atoms with Crippen molar-refractivity contribution in [3.8, 4) is 0 Å². The summed E-state index contributed by atoms with van der Waals surface area (Å²) in [6.07, 6.45) is 0. The molecule has 0 saturated heterocycles. The van der Waals surface area contributed by atoms with E-state index in [1.165, 1.54) is 30.3 Å². The van der Waals surface area contributed by atoms with Crippen LogP contribution >= 0.6 is 34.8 Å². The SMILES string of the molecule is O=S(=O)(NCc1ccc(F)cc1Cl)c1cc(Cl)ccc1Cl. The minimum absolute atomic E-state index is 0.0529. The van der Waals surface area contributed by atoms with Crippen LogP contribution in [0.2, 0.25) is 15.1 Å². The molecule has 0 bridgehead atoms. The van der Waals surface area contributed by atoms with Crippen molar-refractivity contribution in [3.63, 3.8) is 0 Å². The van der Waals surface area contributed by atoms with Crippen LogP contribution in [0.15, 0.2) is 41.3 Å². The second kappa shape index (κ2) is 6.50. The zero-order valence-corrected chi connectivity index (χ0v) is 13.5. The molecular formula is C13H9Cl3FNO2S. The molecule has 0 aromatic heterocycles. The highest BCUT2D eigenvalue weighted by Crippen LogP contribution is 2.25. The van der Waals surface area contributed by atoms with Crippen LogP contribution in [-0.4, -0.2) is 8.42 Å². The molecule has 8 heteroatoms. The van der Waals surface area contributed by atoms with Gasteiger partial charge in [0.05, 0.1) is 5.02 Å². The zero-order valence-electron chi connectivity index (χ0n) is 10.4. The third-order valence-electron chi connectivity index (χ3n) is 2.65. The molecular weight excluding hydrogens is 360 g/mol. The molecule has 0 spiro atoms. The van der Waals surface area contributed by atoms with E-state index in [0.717, 1.165) is 6.07 Å². The number of rotatable bonds is 4. The molecule has 0 atom stereocenters. The second-order valence-corrected chi connectivity index (χ2v) is 7.12. The maximum Gasteiger partial charge on any atom is 0.242 e. The fraction of sp³-hybridized carbons (Fsp3) is 0.0769. The van der Waals surface area contributed by atoms with Gasteiger partial charge in [-0.2, -0.15) is 0 Å². The number of nitrogens with one attached hydrogen (secondary N) is 1. The Balaban J connectivity index is 2.24. The third kappa shape index (κ3) is 4.08. The van der Waals surface area contributed by atoms with Gasteiger partial charge in [0, 0.05) is 16.6 Å².